The molecule has 0 spiro atoms. The lowest BCUT2D eigenvalue weighted by atomic mass is 10.0. The van der Waals surface area contributed by atoms with E-state index in [1.165, 1.54) is 16.4 Å². The number of carbonyl (C=O) groups is 1. The van der Waals surface area contributed by atoms with E-state index in [0.717, 1.165) is 12.8 Å². The molecule has 0 aliphatic carbocycles. The number of nitrogens with zero attached hydrogens (tertiary/aromatic N) is 2. The molecule has 0 unspecified atom stereocenters. The van der Waals surface area contributed by atoms with Crippen LogP contribution in [-0.2, 0) is 14.8 Å². The van der Waals surface area contributed by atoms with Crippen LogP contribution >= 0.6 is 11.6 Å². The first-order valence-corrected chi connectivity index (χ1v) is 11.3. The second-order valence-corrected chi connectivity index (χ2v) is 9.95. The van der Waals surface area contributed by atoms with Gasteiger partial charge in [0.15, 0.2) is 0 Å². The molecule has 0 aromatic heterocycles. The normalized spacial score (nSPS) is 17.8. The van der Waals surface area contributed by atoms with Gasteiger partial charge in [-0.15, -0.1) is 0 Å². The lowest BCUT2D eigenvalue weighted by molar-refractivity contribution is -0.123. The molecule has 1 aliphatic heterocycles. The number of carbonyl (C=O) groups excluding carboxylic acids is 1. The van der Waals surface area contributed by atoms with Crippen molar-refractivity contribution in [1.82, 2.24) is 14.5 Å². The molecular weight excluding hydrogens is 386 g/mol. The zero-order chi connectivity index (χ0) is 20.0. The molecule has 1 aliphatic rings. The van der Waals surface area contributed by atoms with Gasteiger partial charge in [0.25, 0.3) is 0 Å². The van der Waals surface area contributed by atoms with E-state index in [2.05, 4.69) is 19.2 Å². The van der Waals surface area contributed by atoms with Crippen LogP contribution in [0.3, 0.4) is 0 Å². The fraction of sp³-hybridized carbons (Fsp3) is 0.632. The fourth-order valence-corrected chi connectivity index (χ4v) is 4.61. The molecule has 0 radical (unpaired) electrons. The second-order valence-electron chi connectivity index (χ2n) is 7.57. The Hall–Kier alpha value is -1.15. The minimum atomic E-state index is -3.52. The van der Waals surface area contributed by atoms with Crippen LogP contribution in [0.15, 0.2) is 29.2 Å². The number of sulfonamides is 1. The van der Waals surface area contributed by atoms with Crippen LogP contribution in [0.25, 0.3) is 0 Å². The van der Waals surface area contributed by atoms with Crippen LogP contribution in [0.4, 0.5) is 0 Å². The summed E-state index contributed by atoms with van der Waals surface area (Å²) < 4.78 is 26.8. The first-order chi connectivity index (χ1) is 12.7. The Kier molecular flexibility index (Phi) is 8.09. The van der Waals surface area contributed by atoms with Gasteiger partial charge in [-0.05, 0) is 49.9 Å². The topological polar surface area (TPSA) is 69.7 Å². The molecule has 1 heterocycles. The third-order valence-corrected chi connectivity index (χ3v) is 6.90. The van der Waals surface area contributed by atoms with Crippen LogP contribution in [0, 0.1) is 5.92 Å². The standard InChI is InChI=1S/C19H30ClN3O3S/c1-15(2)4-5-16(3)21-19(24)14-22-10-12-23(13-11-22)27(25,26)18-8-6-17(20)7-9-18/h6-9,15-16H,4-5,10-14H2,1-3H3,(H,21,24)/t16-/m0/s1. The van der Waals surface area contributed by atoms with Gasteiger partial charge in [-0.3, -0.25) is 9.69 Å². The summed E-state index contributed by atoms with van der Waals surface area (Å²) in [4.78, 5) is 14.4. The molecule has 1 fully saturated rings. The lowest BCUT2D eigenvalue weighted by Crippen LogP contribution is -2.51. The Labute approximate surface area is 167 Å². The first kappa shape index (κ1) is 22.1. The molecular formula is C19H30ClN3O3S. The first-order valence-electron chi connectivity index (χ1n) is 9.46. The molecule has 152 valence electrons. The summed E-state index contributed by atoms with van der Waals surface area (Å²) in [6.45, 7) is 8.51. The van der Waals surface area contributed by atoms with Crippen molar-refractivity contribution in [3.05, 3.63) is 29.3 Å². The van der Waals surface area contributed by atoms with Gasteiger partial charge in [0.2, 0.25) is 15.9 Å². The van der Waals surface area contributed by atoms with Gasteiger partial charge in [-0.1, -0.05) is 25.4 Å². The molecule has 1 saturated heterocycles. The minimum absolute atomic E-state index is 0.000245. The summed E-state index contributed by atoms with van der Waals surface area (Å²) in [6.07, 6.45) is 2.05. The maximum absolute atomic E-state index is 12.7. The summed E-state index contributed by atoms with van der Waals surface area (Å²) in [5, 5.41) is 3.54. The maximum atomic E-state index is 12.7. The average molecular weight is 416 g/mol. The molecule has 0 saturated carbocycles. The number of hydrogen-bond acceptors (Lipinski definition) is 4. The zero-order valence-corrected chi connectivity index (χ0v) is 17.9. The summed E-state index contributed by atoms with van der Waals surface area (Å²) >= 11 is 5.83. The molecule has 1 amide bonds. The predicted molar refractivity (Wildman–Crippen MR) is 108 cm³/mol. The summed E-state index contributed by atoms with van der Waals surface area (Å²) in [7, 11) is -3.52. The van der Waals surface area contributed by atoms with Gasteiger partial charge in [-0.25, -0.2) is 8.42 Å². The third-order valence-electron chi connectivity index (χ3n) is 4.73. The highest BCUT2D eigenvalue weighted by Gasteiger charge is 2.29. The SMILES string of the molecule is CC(C)CC[C@H](C)NC(=O)CN1CCN(S(=O)(=O)c2ccc(Cl)cc2)CC1. The highest BCUT2D eigenvalue weighted by Crippen LogP contribution is 2.19. The van der Waals surface area contributed by atoms with E-state index >= 15 is 0 Å². The van der Waals surface area contributed by atoms with Crippen LogP contribution < -0.4 is 5.32 Å². The lowest BCUT2D eigenvalue weighted by Gasteiger charge is -2.33. The van der Waals surface area contributed by atoms with Crippen molar-refractivity contribution >= 4 is 27.5 Å². The Morgan fingerprint density at radius 1 is 1.07 bits per heavy atom. The quantitative estimate of drug-likeness (QED) is 0.708. The number of nitrogens with one attached hydrogen (secondary N) is 1. The molecule has 1 aromatic rings. The Bertz CT molecular complexity index is 714. The Balaban J connectivity index is 1.81. The van der Waals surface area contributed by atoms with Crippen molar-refractivity contribution in [2.75, 3.05) is 32.7 Å². The van der Waals surface area contributed by atoms with Crippen LogP contribution in [-0.4, -0.2) is 62.3 Å². The minimum Gasteiger partial charge on any atom is -0.353 e. The number of hydrogen-bond donors (Lipinski definition) is 1. The largest absolute Gasteiger partial charge is 0.353 e. The van der Waals surface area contributed by atoms with Gasteiger partial charge in [-0.2, -0.15) is 4.31 Å². The number of piperazine rings is 1. The van der Waals surface area contributed by atoms with Gasteiger partial charge in [0, 0.05) is 37.2 Å². The number of rotatable bonds is 8. The van der Waals surface area contributed by atoms with Crippen molar-refractivity contribution in [1.29, 1.82) is 0 Å². The molecule has 1 atom stereocenters. The van der Waals surface area contributed by atoms with Crippen LogP contribution in [0.5, 0.6) is 0 Å². The summed E-state index contributed by atoms with van der Waals surface area (Å²) in [6, 6.07) is 6.36. The monoisotopic (exact) mass is 415 g/mol. The Morgan fingerprint density at radius 2 is 1.67 bits per heavy atom. The Morgan fingerprint density at radius 3 is 2.22 bits per heavy atom. The van der Waals surface area contributed by atoms with E-state index < -0.39 is 10.0 Å². The number of halogens is 1. The van der Waals surface area contributed by atoms with E-state index in [0.29, 0.717) is 43.7 Å². The van der Waals surface area contributed by atoms with Crippen molar-refractivity contribution in [3.63, 3.8) is 0 Å². The van der Waals surface area contributed by atoms with Gasteiger partial charge >= 0.3 is 0 Å². The highest BCUT2D eigenvalue weighted by atomic mass is 35.5. The molecule has 1 aromatic carbocycles. The van der Waals surface area contributed by atoms with Crippen molar-refractivity contribution in [3.8, 4) is 0 Å². The van der Waals surface area contributed by atoms with Crippen molar-refractivity contribution < 1.29 is 13.2 Å². The third kappa shape index (κ3) is 6.75. The summed E-state index contributed by atoms with van der Waals surface area (Å²) in [5.41, 5.74) is 0. The van der Waals surface area contributed by atoms with Crippen LogP contribution in [0.2, 0.25) is 5.02 Å². The van der Waals surface area contributed by atoms with Crippen LogP contribution in [0.1, 0.15) is 33.6 Å². The molecule has 8 heteroatoms. The number of amides is 1. The van der Waals surface area contributed by atoms with Gasteiger partial charge in [0.1, 0.15) is 0 Å². The molecule has 27 heavy (non-hydrogen) atoms. The predicted octanol–water partition coefficient (Wildman–Crippen LogP) is 2.59. The zero-order valence-electron chi connectivity index (χ0n) is 16.3. The summed E-state index contributed by atoms with van der Waals surface area (Å²) in [5.74, 6) is 0.625. The van der Waals surface area contributed by atoms with Crippen molar-refractivity contribution in [2.45, 2.75) is 44.6 Å². The molecule has 1 N–H and O–H groups in total. The second kappa shape index (κ2) is 9.87. The average Bonchev–Trinajstić information content (AvgIpc) is 2.60. The van der Waals surface area contributed by atoms with E-state index in [1.54, 1.807) is 12.1 Å². The van der Waals surface area contributed by atoms with E-state index in [-0.39, 0.29) is 16.8 Å². The van der Waals surface area contributed by atoms with E-state index in [4.69, 9.17) is 11.6 Å². The fourth-order valence-electron chi connectivity index (χ4n) is 3.06. The van der Waals surface area contributed by atoms with E-state index in [9.17, 15) is 13.2 Å². The maximum Gasteiger partial charge on any atom is 0.243 e. The van der Waals surface area contributed by atoms with Crippen molar-refractivity contribution in [2.24, 2.45) is 5.92 Å². The highest BCUT2D eigenvalue weighted by molar-refractivity contribution is 7.89. The smallest absolute Gasteiger partial charge is 0.243 e. The number of benzene rings is 1. The molecule has 2 rings (SSSR count). The van der Waals surface area contributed by atoms with Gasteiger partial charge < -0.3 is 5.32 Å². The van der Waals surface area contributed by atoms with E-state index in [1.807, 2.05) is 11.8 Å². The molecule has 0 bridgehead atoms. The van der Waals surface area contributed by atoms with Gasteiger partial charge in [0.05, 0.1) is 11.4 Å². The molecule has 6 nitrogen and oxygen atoms in total.